The fourth-order valence-corrected chi connectivity index (χ4v) is 1.92. The van der Waals surface area contributed by atoms with Crippen molar-refractivity contribution in [3.05, 3.63) is 0 Å². The van der Waals surface area contributed by atoms with Gasteiger partial charge in [-0.2, -0.15) is 0 Å². The molecule has 15 heavy (non-hydrogen) atoms. The monoisotopic (exact) mass is 212 g/mol. The van der Waals surface area contributed by atoms with Gasteiger partial charge in [0.2, 0.25) is 5.91 Å². The highest BCUT2D eigenvalue weighted by atomic mass is 16.2. The second kappa shape index (κ2) is 6.83. The van der Waals surface area contributed by atoms with Gasteiger partial charge in [0.1, 0.15) is 0 Å². The summed E-state index contributed by atoms with van der Waals surface area (Å²) in [7, 11) is 0. The summed E-state index contributed by atoms with van der Waals surface area (Å²) in [5.41, 5.74) is 0. The Hall–Kier alpha value is -0.570. The van der Waals surface area contributed by atoms with Crippen LogP contribution in [-0.2, 0) is 4.79 Å². The predicted molar refractivity (Wildman–Crippen MR) is 62.7 cm³/mol. The summed E-state index contributed by atoms with van der Waals surface area (Å²) >= 11 is 0. The Balaban J connectivity index is 2.15. The Morgan fingerprint density at radius 2 is 2.27 bits per heavy atom. The van der Waals surface area contributed by atoms with Crippen LogP contribution in [0.4, 0.5) is 0 Å². The third kappa shape index (κ3) is 5.17. The molecule has 0 spiro atoms. The number of carbonyl (C=O) groups is 1. The van der Waals surface area contributed by atoms with Crippen molar-refractivity contribution in [2.75, 3.05) is 13.1 Å². The lowest BCUT2D eigenvalue weighted by molar-refractivity contribution is -0.122. The molecular weight excluding hydrogens is 188 g/mol. The Morgan fingerprint density at radius 3 is 3.00 bits per heavy atom. The number of nitrogens with one attached hydrogen (secondary N) is 2. The molecule has 1 aliphatic heterocycles. The standard InChI is InChI=1S/C12H24N2O/c1-10(2)6-5-9-13-11-7-3-4-8-14-12(11)15/h10-11,13H,3-9H2,1-2H3,(H,14,15)/t11-/m1/s1. The molecule has 1 atom stereocenters. The molecule has 88 valence electrons. The molecule has 0 aromatic rings. The molecular formula is C12H24N2O. The first-order valence-electron chi connectivity index (χ1n) is 6.21. The molecule has 3 nitrogen and oxygen atoms in total. The second-order valence-electron chi connectivity index (χ2n) is 4.83. The molecule has 2 N–H and O–H groups in total. The van der Waals surface area contributed by atoms with Crippen LogP contribution in [0.15, 0.2) is 0 Å². The summed E-state index contributed by atoms with van der Waals surface area (Å²) in [6, 6.07) is 0.0552. The Labute approximate surface area is 93.0 Å². The largest absolute Gasteiger partial charge is 0.355 e. The van der Waals surface area contributed by atoms with Gasteiger partial charge in [-0.1, -0.05) is 13.8 Å². The van der Waals surface area contributed by atoms with Gasteiger partial charge >= 0.3 is 0 Å². The van der Waals surface area contributed by atoms with Crippen molar-refractivity contribution < 1.29 is 4.79 Å². The van der Waals surface area contributed by atoms with Gasteiger partial charge in [-0.3, -0.25) is 4.79 Å². The zero-order valence-corrected chi connectivity index (χ0v) is 10.0. The molecule has 0 unspecified atom stereocenters. The Kier molecular flexibility index (Phi) is 5.69. The van der Waals surface area contributed by atoms with Crippen molar-refractivity contribution in [2.24, 2.45) is 5.92 Å². The third-order valence-corrected chi connectivity index (χ3v) is 2.88. The van der Waals surface area contributed by atoms with Gasteiger partial charge in [0.25, 0.3) is 0 Å². The minimum Gasteiger partial charge on any atom is -0.355 e. The average Bonchev–Trinajstić information content (AvgIpc) is 2.38. The van der Waals surface area contributed by atoms with E-state index in [9.17, 15) is 4.79 Å². The van der Waals surface area contributed by atoms with E-state index < -0.39 is 0 Å². The molecule has 1 rings (SSSR count). The van der Waals surface area contributed by atoms with E-state index in [0.717, 1.165) is 38.3 Å². The molecule has 1 fully saturated rings. The van der Waals surface area contributed by atoms with E-state index in [2.05, 4.69) is 24.5 Å². The maximum absolute atomic E-state index is 11.6. The Morgan fingerprint density at radius 1 is 1.47 bits per heavy atom. The molecule has 0 aromatic heterocycles. The summed E-state index contributed by atoms with van der Waals surface area (Å²) in [6.45, 7) is 6.29. The fraction of sp³-hybridized carbons (Fsp3) is 0.917. The van der Waals surface area contributed by atoms with Gasteiger partial charge < -0.3 is 10.6 Å². The minimum absolute atomic E-state index is 0.0552. The molecule has 0 aromatic carbocycles. The van der Waals surface area contributed by atoms with Gasteiger partial charge in [0, 0.05) is 6.54 Å². The molecule has 0 aliphatic carbocycles. The molecule has 1 aliphatic rings. The average molecular weight is 212 g/mol. The maximum Gasteiger partial charge on any atom is 0.237 e. The Bertz CT molecular complexity index is 192. The van der Waals surface area contributed by atoms with Gasteiger partial charge in [-0.25, -0.2) is 0 Å². The number of hydrogen-bond acceptors (Lipinski definition) is 2. The predicted octanol–water partition coefficient (Wildman–Crippen LogP) is 1.68. The van der Waals surface area contributed by atoms with E-state index in [0.29, 0.717) is 0 Å². The van der Waals surface area contributed by atoms with Crippen LogP contribution < -0.4 is 10.6 Å². The van der Waals surface area contributed by atoms with Crippen LogP contribution in [0.1, 0.15) is 46.0 Å². The highest BCUT2D eigenvalue weighted by molar-refractivity contribution is 5.81. The van der Waals surface area contributed by atoms with Crippen LogP contribution in [0.25, 0.3) is 0 Å². The molecule has 1 saturated heterocycles. The lowest BCUT2D eigenvalue weighted by Crippen LogP contribution is -2.43. The van der Waals surface area contributed by atoms with Crippen LogP contribution in [0.2, 0.25) is 0 Å². The maximum atomic E-state index is 11.6. The number of carbonyl (C=O) groups excluding carboxylic acids is 1. The van der Waals surface area contributed by atoms with Crippen molar-refractivity contribution in [1.82, 2.24) is 10.6 Å². The molecule has 0 radical (unpaired) electrons. The van der Waals surface area contributed by atoms with E-state index >= 15 is 0 Å². The SMILES string of the molecule is CC(C)CCCN[C@@H]1CCCCNC1=O. The van der Waals surface area contributed by atoms with Crippen molar-refractivity contribution in [3.8, 4) is 0 Å². The lowest BCUT2D eigenvalue weighted by atomic mass is 10.1. The topological polar surface area (TPSA) is 41.1 Å². The summed E-state index contributed by atoms with van der Waals surface area (Å²) < 4.78 is 0. The van der Waals surface area contributed by atoms with E-state index in [4.69, 9.17) is 0 Å². The zero-order valence-electron chi connectivity index (χ0n) is 10.0. The summed E-state index contributed by atoms with van der Waals surface area (Å²) in [5.74, 6) is 0.951. The van der Waals surface area contributed by atoms with Gasteiger partial charge in [0.05, 0.1) is 6.04 Å². The van der Waals surface area contributed by atoms with Crippen LogP contribution in [0.5, 0.6) is 0 Å². The van der Waals surface area contributed by atoms with Crippen LogP contribution in [-0.4, -0.2) is 25.0 Å². The molecule has 1 amide bonds. The first-order valence-corrected chi connectivity index (χ1v) is 6.21. The molecule has 0 bridgehead atoms. The van der Waals surface area contributed by atoms with Crippen molar-refractivity contribution in [1.29, 1.82) is 0 Å². The first kappa shape index (κ1) is 12.5. The van der Waals surface area contributed by atoms with E-state index in [-0.39, 0.29) is 11.9 Å². The van der Waals surface area contributed by atoms with Crippen molar-refractivity contribution in [2.45, 2.75) is 52.0 Å². The van der Waals surface area contributed by atoms with Gasteiger partial charge in [-0.15, -0.1) is 0 Å². The van der Waals surface area contributed by atoms with Crippen LogP contribution in [0.3, 0.4) is 0 Å². The highest BCUT2D eigenvalue weighted by Gasteiger charge is 2.19. The lowest BCUT2D eigenvalue weighted by Gasteiger charge is -2.15. The quantitative estimate of drug-likeness (QED) is 0.681. The number of rotatable bonds is 5. The summed E-state index contributed by atoms with van der Waals surface area (Å²) in [6.07, 6.45) is 5.67. The molecule has 3 heteroatoms. The minimum atomic E-state index is 0.0552. The van der Waals surface area contributed by atoms with Crippen molar-refractivity contribution in [3.63, 3.8) is 0 Å². The summed E-state index contributed by atoms with van der Waals surface area (Å²) in [4.78, 5) is 11.6. The molecule has 0 saturated carbocycles. The number of amides is 1. The van der Waals surface area contributed by atoms with Crippen LogP contribution in [0, 0.1) is 5.92 Å². The van der Waals surface area contributed by atoms with E-state index in [1.807, 2.05) is 0 Å². The third-order valence-electron chi connectivity index (χ3n) is 2.88. The smallest absolute Gasteiger partial charge is 0.237 e. The first-order chi connectivity index (χ1) is 7.20. The normalized spacial score (nSPS) is 22.6. The number of hydrogen-bond donors (Lipinski definition) is 2. The van der Waals surface area contributed by atoms with Crippen LogP contribution >= 0.6 is 0 Å². The van der Waals surface area contributed by atoms with Crippen molar-refractivity contribution >= 4 is 5.91 Å². The van der Waals surface area contributed by atoms with E-state index in [1.54, 1.807) is 0 Å². The summed E-state index contributed by atoms with van der Waals surface area (Å²) in [5, 5.41) is 6.30. The molecule has 1 heterocycles. The zero-order chi connectivity index (χ0) is 11.1. The fourth-order valence-electron chi connectivity index (χ4n) is 1.92. The second-order valence-corrected chi connectivity index (χ2v) is 4.83. The van der Waals surface area contributed by atoms with E-state index in [1.165, 1.54) is 12.8 Å². The van der Waals surface area contributed by atoms with Gasteiger partial charge in [-0.05, 0) is 44.6 Å². The van der Waals surface area contributed by atoms with Gasteiger partial charge in [0.15, 0.2) is 0 Å². The highest BCUT2D eigenvalue weighted by Crippen LogP contribution is 2.06.